The van der Waals surface area contributed by atoms with Crippen LogP contribution in [0, 0.1) is 0 Å². The summed E-state index contributed by atoms with van der Waals surface area (Å²) in [5.41, 5.74) is 1.11. The van der Waals surface area contributed by atoms with Gasteiger partial charge in [0.2, 0.25) is 5.91 Å². The van der Waals surface area contributed by atoms with Crippen LogP contribution in [-0.4, -0.2) is 54.9 Å². The molecule has 0 bridgehead atoms. The Morgan fingerprint density at radius 3 is 2.58 bits per heavy atom. The van der Waals surface area contributed by atoms with Gasteiger partial charge in [0, 0.05) is 33.4 Å². The third kappa shape index (κ3) is 5.70. The number of nitrogens with one attached hydrogen (secondary N) is 1. The van der Waals surface area contributed by atoms with E-state index in [-0.39, 0.29) is 5.91 Å². The fourth-order valence-electron chi connectivity index (χ4n) is 1.62. The molecule has 0 saturated heterocycles. The van der Waals surface area contributed by atoms with Gasteiger partial charge in [-0.05, 0) is 25.1 Å². The number of amides is 1. The van der Waals surface area contributed by atoms with Crippen LogP contribution in [0.25, 0.3) is 0 Å². The zero-order chi connectivity index (χ0) is 14.3. The third-order valence-electron chi connectivity index (χ3n) is 2.74. The van der Waals surface area contributed by atoms with Crippen LogP contribution < -0.4 is 5.32 Å². The van der Waals surface area contributed by atoms with E-state index in [4.69, 9.17) is 0 Å². The van der Waals surface area contributed by atoms with E-state index in [1.54, 1.807) is 19.0 Å². The molecule has 0 spiro atoms. The predicted molar refractivity (Wildman–Crippen MR) is 78.0 cm³/mol. The second-order valence-corrected chi connectivity index (χ2v) is 4.94. The Labute approximate surface area is 115 Å². The number of nitrogens with zero attached hydrogens (tertiary/aromatic N) is 3. The zero-order valence-corrected chi connectivity index (χ0v) is 12.3. The zero-order valence-electron chi connectivity index (χ0n) is 12.3. The summed E-state index contributed by atoms with van der Waals surface area (Å²) in [6.45, 7) is 4.20. The Balaban J connectivity index is 2.46. The Morgan fingerprint density at radius 2 is 2.05 bits per heavy atom. The minimum Gasteiger partial charge on any atom is -0.370 e. The molecule has 1 N–H and O–H groups in total. The normalized spacial score (nSPS) is 10.6. The van der Waals surface area contributed by atoms with E-state index >= 15 is 0 Å². The molecule has 0 fully saturated rings. The Morgan fingerprint density at radius 1 is 1.32 bits per heavy atom. The number of aromatic nitrogens is 1. The van der Waals surface area contributed by atoms with E-state index in [1.807, 2.05) is 30.3 Å². The summed E-state index contributed by atoms with van der Waals surface area (Å²) in [7, 11) is 5.47. The summed E-state index contributed by atoms with van der Waals surface area (Å²) in [5, 5.41) is 3.24. The van der Waals surface area contributed by atoms with Gasteiger partial charge in [0.15, 0.2) is 0 Å². The number of hydrogen-bond acceptors (Lipinski definition) is 4. The molecule has 0 aliphatic heterocycles. The number of hydrogen-bond donors (Lipinski definition) is 1. The van der Waals surface area contributed by atoms with E-state index in [9.17, 15) is 4.79 Å². The highest BCUT2D eigenvalue weighted by Gasteiger charge is 2.08. The highest BCUT2D eigenvalue weighted by Crippen LogP contribution is 2.07. The molecule has 0 unspecified atom stereocenters. The van der Waals surface area contributed by atoms with Crippen LogP contribution in [0.3, 0.4) is 0 Å². The molecular weight excluding hydrogens is 240 g/mol. The molecule has 1 aromatic heterocycles. The maximum Gasteiger partial charge on any atom is 0.236 e. The van der Waals surface area contributed by atoms with E-state index < -0.39 is 0 Å². The molecule has 5 heteroatoms. The quantitative estimate of drug-likeness (QED) is 0.809. The number of likely N-dealkylation sites (N-methyl/N-ethyl adjacent to an activating group) is 2. The van der Waals surface area contributed by atoms with Gasteiger partial charge in [0.1, 0.15) is 5.82 Å². The van der Waals surface area contributed by atoms with Crippen LogP contribution in [0.5, 0.6) is 0 Å². The van der Waals surface area contributed by atoms with Gasteiger partial charge in [-0.2, -0.15) is 0 Å². The van der Waals surface area contributed by atoms with Crippen LogP contribution in [-0.2, 0) is 11.3 Å². The molecule has 0 aromatic carbocycles. The molecule has 106 valence electrons. The van der Waals surface area contributed by atoms with Crippen LogP contribution in [0.1, 0.15) is 18.9 Å². The highest BCUT2D eigenvalue weighted by molar-refractivity contribution is 5.77. The molecule has 5 nitrogen and oxygen atoms in total. The van der Waals surface area contributed by atoms with Crippen LogP contribution in [0.2, 0.25) is 0 Å². The lowest BCUT2D eigenvalue weighted by molar-refractivity contribution is -0.129. The average molecular weight is 264 g/mol. The van der Waals surface area contributed by atoms with Crippen molar-refractivity contribution in [2.75, 3.05) is 39.5 Å². The molecule has 0 radical (unpaired) electrons. The van der Waals surface area contributed by atoms with Crippen molar-refractivity contribution in [3.05, 3.63) is 23.9 Å². The van der Waals surface area contributed by atoms with E-state index in [2.05, 4.69) is 17.2 Å². The van der Waals surface area contributed by atoms with Gasteiger partial charge in [-0.1, -0.05) is 13.0 Å². The van der Waals surface area contributed by atoms with E-state index in [1.165, 1.54) is 0 Å². The number of carbonyl (C=O) groups is 1. The molecule has 1 aromatic rings. The van der Waals surface area contributed by atoms with Gasteiger partial charge >= 0.3 is 0 Å². The Kier molecular flexibility index (Phi) is 6.29. The summed E-state index contributed by atoms with van der Waals surface area (Å²) in [6.07, 6.45) is 2.94. The lowest BCUT2D eigenvalue weighted by Gasteiger charge is -2.18. The summed E-state index contributed by atoms with van der Waals surface area (Å²) in [5.74, 6) is 1.01. The number of anilines is 1. The predicted octanol–water partition coefficient (Wildman–Crippen LogP) is 1.42. The second kappa shape index (κ2) is 7.74. The lowest BCUT2D eigenvalue weighted by atomic mass is 10.2. The first-order chi connectivity index (χ1) is 9.02. The third-order valence-corrected chi connectivity index (χ3v) is 2.74. The Hall–Kier alpha value is -1.62. The van der Waals surface area contributed by atoms with Crippen LogP contribution >= 0.6 is 0 Å². The average Bonchev–Trinajstić information content (AvgIpc) is 2.37. The minimum absolute atomic E-state index is 0.108. The summed E-state index contributed by atoms with van der Waals surface area (Å²) >= 11 is 0. The van der Waals surface area contributed by atoms with Crippen molar-refractivity contribution >= 4 is 11.7 Å². The highest BCUT2D eigenvalue weighted by atomic mass is 16.2. The van der Waals surface area contributed by atoms with Gasteiger partial charge in [-0.3, -0.25) is 9.69 Å². The molecule has 1 rings (SSSR count). The van der Waals surface area contributed by atoms with Crippen molar-refractivity contribution in [1.82, 2.24) is 14.8 Å². The van der Waals surface area contributed by atoms with Crippen LogP contribution in [0.4, 0.5) is 5.82 Å². The lowest BCUT2D eigenvalue weighted by Crippen LogP contribution is -2.34. The first-order valence-electron chi connectivity index (χ1n) is 6.60. The standard InChI is InChI=1S/C14H24N4O/c1-5-8-15-13-7-6-12(9-16-13)10-18(4)11-14(19)17(2)3/h6-7,9H,5,8,10-11H2,1-4H3,(H,15,16). The van der Waals surface area contributed by atoms with Gasteiger partial charge in [-0.15, -0.1) is 0 Å². The molecule has 19 heavy (non-hydrogen) atoms. The topological polar surface area (TPSA) is 48.5 Å². The number of pyridine rings is 1. The van der Waals surface area contributed by atoms with E-state index in [0.29, 0.717) is 6.54 Å². The van der Waals surface area contributed by atoms with Crippen molar-refractivity contribution in [3.63, 3.8) is 0 Å². The fourth-order valence-corrected chi connectivity index (χ4v) is 1.62. The van der Waals surface area contributed by atoms with Gasteiger partial charge in [0.25, 0.3) is 0 Å². The van der Waals surface area contributed by atoms with Gasteiger partial charge < -0.3 is 10.2 Å². The summed E-state index contributed by atoms with van der Waals surface area (Å²) < 4.78 is 0. The fraction of sp³-hybridized carbons (Fsp3) is 0.571. The van der Waals surface area contributed by atoms with Crippen LogP contribution in [0.15, 0.2) is 18.3 Å². The molecule has 1 amide bonds. The first-order valence-corrected chi connectivity index (χ1v) is 6.60. The number of carbonyl (C=O) groups excluding carboxylic acids is 1. The summed E-state index contributed by atoms with van der Waals surface area (Å²) in [6, 6.07) is 4.02. The van der Waals surface area contributed by atoms with E-state index in [0.717, 1.165) is 30.9 Å². The van der Waals surface area contributed by atoms with Gasteiger partial charge in [0.05, 0.1) is 6.54 Å². The first kappa shape index (κ1) is 15.4. The largest absolute Gasteiger partial charge is 0.370 e. The van der Waals surface area contributed by atoms with Crippen molar-refractivity contribution < 1.29 is 4.79 Å². The smallest absolute Gasteiger partial charge is 0.236 e. The van der Waals surface area contributed by atoms with Crippen molar-refractivity contribution in [2.24, 2.45) is 0 Å². The Bertz CT molecular complexity index is 389. The number of rotatable bonds is 7. The second-order valence-electron chi connectivity index (χ2n) is 4.94. The summed E-state index contributed by atoms with van der Waals surface area (Å²) in [4.78, 5) is 19.5. The van der Waals surface area contributed by atoms with Gasteiger partial charge in [-0.25, -0.2) is 4.98 Å². The van der Waals surface area contributed by atoms with Crippen molar-refractivity contribution in [1.29, 1.82) is 0 Å². The molecule has 0 saturated carbocycles. The SMILES string of the molecule is CCCNc1ccc(CN(C)CC(=O)N(C)C)cn1. The van der Waals surface area contributed by atoms with Crippen molar-refractivity contribution in [3.8, 4) is 0 Å². The maximum atomic E-state index is 11.6. The molecule has 0 aliphatic rings. The molecule has 0 aliphatic carbocycles. The van der Waals surface area contributed by atoms with Crippen molar-refractivity contribution in [2.45, 2.75) is 19.9 Å². The maximum absolute atomic E-state index is 11.6. The molecule has 0 atom stereocenters. The molecular formula is C14H24N4O. The monoisotopic (exact) mass is 264 g/mol. The minimum atomic E-state index is 0.108. The molecule has 1 heterocycles.